The van der Waals surface area contributed by atoms with Gasteiger partial charge in [0.2, 0.25) is 0 Å². The standard InChI is InChI=1S/C14H22O/c1-3-5-10-13(9-4-2)15-14-11-7-6-8-12-14/h6-8,11-13H,3-5,9-10H2,1-2H3/t13-/m1/s1/i10D/t10-,13-. The van der Waals surface area contributed by atoms with E-state index in [-0.39, 0.29) is 12.5 Å². The van der Waals surface area contributed by atoms with Crippen LogP contribution in [0.2, 0.25) is 0 Å². The fraction of sp³-hybridized carbons (Fsp3) is 0.571. The summed E-state index contributed by atoms with van der Waals surface area (Å²) in [6.07, 6.45) is 3.92. The maximum Gasteiger partial charge on any atom is 0.119 e. The van der Waals surface area contributed by atoms with E-state index in [1.54, 1.807) is 0 Å². The molecule has 0 aliphatic carbocycles. The van der Waals surface area contributed by atoms with E-state index in [9.17, 15) is 0 Å². The number of para-hydroxylation sites is 1. The quantitative estimate of drug-likeness (QED) is 0.643. The molecule has 0 amide bonds. The summed E-state index contributed by atoms with van der Waals surface area (Å²) in [4.78, 5) is 0. The molecule has 0 radical (unpaired) electrons. The minimum atomic E-state index is -0.106. The summed E-state index contributed by atoms with van der Waals surface area (Å²) in [6.45, 7) is 4.26. The molecule has 1 nitrogen and oxygen atoms in total. The van der Waals surface area contributed by atoms with Crippen molar-refractivity contribution in [2.45, 2.75) is 52.0 Å². The molecule has 1 aromatic carbocycles. The van der Waals surface area contributed by atoms with Crippen LogP contribution in [0.15, 0.2) is 30.3 Å². The van der Waals surface area contributed by atoms with Crippen LogP contribution >= 0.6 is 0 Å². The average Bonchev–Trinajstić information content (AvgIpc) is 2.30. The molecule has 1 heteroatoms. The third kappa shape index (κ3) is 4.87. The Balaban J connectivity index is 2.57. The van der Waals surface area contributed by atoms with Gasteiger partial charge in [0.15, 0.2) is 0 Å². The second kappa shape index (κ2) is 7.33. The van der Waals surface area contributed by atoms with Gasteiger partial charge in [0.1, 0.15) is 5.75 Å². The van der Waals surface area contributed by atoms with Gasteiger partial charge in [-0.3, -0.25) is 0 Å². The minimum absolute atomic E-state index is 0.0346. The Morgan fingerprint density at radius 1 is 1.20 bits per heavy atom. The van der Waals surface area contributed by atoms with E-state index < -0.39 is 0 Å². The highest BCUT2D eigenvalue weighted by atomic mass is 16.5. The van der Waals surface area contributed by atoms with Crippen molar-refractivity contribution in [3.05, 3.63) is 30.3 Å². The fourth-order valence-electron chi connectivity index (χ4n) is 1.54. The molecular weight excluding hydrogens is 184 g/mol. The van der Waals surface area contributed by atoms with E-state index in [1.807, 2.05) is 30.3 Å². The minimum Gasteiger partial charge on any atom is -0.490 e. The molecule has 2 atom stereocenters. The van der Waals surface area contributed by atoms with Crippen molar-refractivity contribution in [3.8, 4) is 5.75 Å². The molecule has 0 N–H and O–H groups in total. The first-order valence-electron chi connectivity index (χ1n) is 6.49. The largest absolute Gasteiger partial charge is 0.490 e. The van der Waals surface area contributed by atoms with Gasteiger partial charge in [-0.2, -0.15) is 0 Å². The number of ether oxygens (including phenoxy) is 1. The lowest BCUT2D eigenvalue weighted by Crippen LogP contribution is -2.15. The van der Waals surface area contributed by atoms with Gasteiger partial charge in [-0.05, 0) is 25.0 Å². The predicted octanol–water partition coefficient (Wildman–Crippen LogP) is 4.42. The second-order valence-corrected chi connectivity index (χ2v) is 3.78. The van der Waals surface area contributed by atoms with Gasteiger partial charge >= 0.3 is 0 Å². The normalized spacial score (nSPS) is 15.5. The van der Waals surface area contributed by atoms with Crippen molar-refractivity contribution in [1.29, 1.82) is 0 Å². The van der Waals surface area contributed by atoms with E-state index in [0.29, 0.717) is 0 Å². The van der Waals surface area contributed by atoms with Crippen LogP contribution in [0.5, 0.6) is 5.75 Å². The van der Waals surface area contributed by atoms with Gasteiger partial charge in [-0.25, -0.2) is 0 Å². The van der Waals surface area contributed by atoms with E-state index >= 15 is 0 Å². The first kappa shape index (κ1) is 10.5. The van der Waals surface area contributed by atoms with E-state index in [0.717, 1.165) is 31.4 Å². The molecule has 0 aliphatic heterocycles. The van der Waals surface area contributed by atoms with E-state index in [1.165, 1.54) is 0 Å². The third-order valence-electron chi connectivity index (χ3n) is 2.32. The lowest BCUT2D eigenvalue weighted by atomic mass is 10.1. The molecule has 0 bridgehead atoms. The Morgan fingerprint density at radius 2 is 1.93 bits per heavy atom. The van der Waals surface area contributed by atoms with Crippen LogP contribution in [-0.4, -0.2) is 6.10 Å². The number of rotatable bonds is 7. The van der Waals surface area contributed by atoms with Gasteiger partial charge < -0.3 is 4.74 Å². The molecule has 0 aromatic heterocycles. The Bertz CT molecular complexity index is 273. The van der Waals surface area contributed by atoms with Gasteiger partial charge in [0.25, 0.3) is 0 Å². The fourth-order valence-corrected chi connectivity index (χ4v) is 1.54. The highest BCUT2D eigenvalue weighted by molar-refractivity contribution is 5.21. The zero-order valence-electron chi connectivity index (χ0n) is 10.8. The van der Waals surface area contributed by atoms with Gasteiger partial charge in [0, 0.05) is 1.37 Å². The SMILES string of the molecule is [2H][C@H](CCC)[C@@H](CCC)Oc1ccccc1. The topological polar surface area (TPSA) is 9.23 Å². The molecule has 1 rings (SSSR count). The first-order chi connectivity index (χ1) is 7.77. The highest BCUT2D eigenvalue weighted by Gasteiger charge is 2.08. The van der Waals surface area contributed by atoms with Crippen molar-refractivity contribution in [3.63, 3.8) is 0 Å². The lowest BCUT2D eigenvalue weighted by molar-refractivity contribution is 0.176. The van der Waals surface area contributed by atoms with Crippen molar-refractivity contribution < 1.29 is 6.11 Å². The molecule has 0 fully saturated rings. The van der Waals surface area contributed by atoms with Crippen LogP contribution in [0, 0.1) is 0 Å². The van der Waals surface area contributed by atoms with Crippen LogP contribution in [0.3, 0.4) is 0 Å². The molecule has 84 valence electrons. The van der Waals surface area contributed by atoms with Crippen molar-refractivity contribution in [1.82, 2.24) is 0 Å². The van der Waals surface area contributed by atoms with E-state index in [2.05, 4.69) is 13.8 Å². The maximum absolute atomic E-state index is 8.06. The monoisotopic (exact) mass is 207 g/mol. The Hall–Kier alpha value is -0.980. The van der Waals surface area contributed by atoms with Crippen LogP contribution in [-0.2, 0) is 0 Å². The lowest BCUT2D eigenvalue weighted by Gasteiger charge is -2.18. The van der Waals surface area contributed by atoms with Crippen molar-refractivity contribution >= 4 is 0 Å². The summed E-state index contributed by atoms with van der Waals surface area (Å²) in [6, 6.07) is 9.84. The van der Waals surface area contributed by atoms with Gasteiger partial charge in [-0.15, -0.1) is 0 Å². The molecule has 0 aliphatic rings. The molecular formula is C14H22O. The van der Waals surface area contributed by atoms with Gasteiger partial charge in [-0.1, -0.05) is 51.3 Å². The molecule has 0 unspecified atom stereocenters. The van der Waals surface area contributed by atoms with Crippen LogP contribution in [0.4, 0.5) is 0 Å². The highest BCUT2D eigenvalue weighted by Crippen LogP contribution is 2.17. The summed E-state index contributed by atoms with van der Waals surface area (Å²) in [5, 5.41) is 0. The summed E-state index contributed by atoms with van der Waals surface area (Å²) in [7, 11) is 0. The molecule has 15 heavy (non-hydrogen) atoms. The number of hydrogen-bond donors (Lipinski definition) is 0. The molecule has 0 saturated carbocycles. The van der Waals surface area contributed by atoms with Crippen LogP contribution in [0.1, 0.15) is 47.3 Å². The molecule has 0 spiro atoms. The molecule has 0 heterocycles. The number of hydrogen-bond acceptors (Lipinski definition) is 1. The second-order valence-electron chi connectivity index (χ2n) is 3.78. The average molecular weight is 207 g/mol. The predicted molar refractivity (Wildman–Crippen MR) is 65.3 cm³/mol. The zero-order chi connectivity index (χ0) is 11.8. The maximum atomic E-state index is 8.06. The first-order valence-corrected chi connectivity index (χ1v) is 5.91. The van der Waals surface area contributed by atoms with E-state index in [4.69, 9.17) is 6.11 Å². The third-order valence-corrected chi connectivity index (χ3v) is 2.32. The summed E-state index contributed by atoms with van der Waals surface area (Å²) >= 11 is 0. The Labute approximate surface area is 94.9 Å². The summed E-state index contributed by atoms with van der Waals surface area (Å²) < 4.78 is 13.9. The Morgan fingerprint density at radius 3 is 2.53 bits per heavy atom. The summed E-state index contributed by atoms with van der Waals surface area (Å²) in [5.41, 5.74) is 0. The zero-order valence-corrected chi connectivity index (χ0v) is 9.78. The van der Waals surface area contributed by atoms with Crippen molar-refractivity contribution in [2.75, 3.05) is 0 Å². The van der Waals surface area contributed by atoms with Crippen LogP contribution < -0.4 is 4.74 Å². The molecule has 0 saturated heterocycles. The van der Waals surface area contributed by atoms with Gasteiger partial charge in [0.05, 0.1) is 6.10 Å². The smallest absolute Gasteiger partial charge is 0.119 e. The summed E-state index contributed by atoms with van der Waals surface area (Å²) in [5.74, 6) is 0.884. The van der Waals surface area contributed by atoms with Crippen LogP contribution in [0.25, 0.3) is 0 Å². The molecule has 1 aromatic rings. The van der Waals surface area contributed by atoms with Crippen molar-refractivity contribution in [2.24, 2.45) is 0 Å². The number of benzene rings is 1. The Kier molecular flexibility index (Phi) is 5.15.